The standard InChI is InChI=1S/C15H16N4O2/c1-2-6-18-11-16-9-14(18)10-17-7-5-12-8-13(19(20)21)3-4-15(12)17/h3-5,7-9,11H,2,6,10H2,1H3. The van der Waals surface area contributed by atoms with Crippen molar-refractivity contribution in [3.63, 3.8) is 0 Å². The van der Waals surface area contributed by atoms with Gasteiger partial charge in [-0.25, -0.2) is 4.98 Å². The Morgan fingerprint density at radius 3 is 2.90 bits per heavy atom. The molecule has 0 aliphatic carbocycles. The lowest BCUT2D eigenvalue weighted by Gasteiger charge is -2.09. The van der Waals surface area contributed by atoms with Crippen LogP contribution in [-0.2, 0) is 13.1 Å². The second-order valence-electron chi connectivity index (χ2n) is 5.02. The third-order valence-corrected chi connectivity index (χ3v) is 3.56. The molecule has 6 nitrogen and oxygen atoms in total. The number of aryl methyl sites for hydroxylation is 1. The van der Waals surface area contributed by atoms with E-state index >= 15 is 0 Å². The minimum atomic E-state index is -0.368. The van der Waals surface area contributed by atoms with E-state index in [1.54, 1.807) is 18.2 Å². The fraction of sp³-hybridized carbons (Fsp3) is 0.267. The van der Waals surface area contributed by atoms with Gasteiger partial charge in [0.25, 0.3) is 5.69 Å². The van der Waals surface area contributed by atoms with Crippen molar-refractivity contribution in [3.05, 3.63) is 58.8 Å². The van der Waals surface area contributed by atoms with Crippen LogP contribution in [0.3, 0.4) is 0 Å². The number of non-ortho nitro benzene ring substituents is 1. The van der Waals surface area contributed by atoms with Gasteiger partial charge in [-0.1, -0.05) is 6.92 Å². The van der Waals surface area contributed by atoms with Crippen LogP contribution in [0.25, 0.3) is 10.9 Å². The van der Waals surface area contributed by atoms with Crippen molar-refractivity contribution in [2.75, 3.05) is 0 Å². The summed E-state index contributed by atoms with van der Waals surface area (Å²) in [6.07, 6.45) is 6.72. The van der Waals surface area contributed by atoms with E-state index in [4.69, 9.17) is 0 Å². The average Bonchev–Trinajstić information content (AvgIpc) is 3.07. The first-order chi connectivity index (χ1) is 10.2. The molecule has 0 spiro atoms. The number of nitro benzene ring substituents is 1. The van der Waals surface area contributed by atoms with Gasteiger partial charge in [-0.3, -0.25) is 10.1 Å². The second-order valence-corrected chi connectivity index (χ2v) is 5.02. The van der Waals surface area contributed by atoms with Crippen LogP contribution >= 0.6 is 0 Å². The third kappa shape index (κ3) is 2.52. The number of benzene rings is 1. The van der Waals surface area contributed by atoms with E-state index in [9.17, 15) is 10.1 Å². The Bertz CT molecular complexity index is 788. The largest absolute Gasteiger partial charge is 0.341 e. The Morgan fingerprint density at radius 1 is 1.29 bits per heavy atom. The molecular formula is C15H16N4O2. The van der Waals surface area contributed by atoms with E-state index < -0.39 is 0 Å². The molecule has 0 bridgehead atoms. The first kappa shape index (κ1) is 13.4. The van der Waals surface area contributed by atoms with Crippen molar-refractivity contribution >= 4 is 16.6 Å². The van der Waals surface area contributed by atoms with E-state index in [0.717, 1.165) is 29.6 Å². The maximum atomic E-state index is 10.8. The first-order valence-electron chi connectivity index (χ1n) is 6.91. The minimum absolute atomic E-state index is 0.122. The van der Waals surface area contributed by atoms with E-state index in [-0.39, 0.29) is 10.6 Å². The summed E-state index contributed by atoms with van der Waals surface area (Å²) in [7, 11) is 0. The van der Waals surface area contributed by atoms with Crippen LogP contribution in [0.15, 0.2) is 43.0 Å². The molecule has 0 unspecified atom stereocenters. The normalized spacial score (nSPS) is 11.1. The average molecular weight is 284 g/mol. The molecule has 21 heavy (non-hydrogen) atoms. The Labute approximate surface area is 121 Å². The number of rotatable bonds is 5. The molecule has 0 radical (unpaired) electrons. The van der Waals surface area contributed by atoms with Crippen LogP contribution in [0, 0.1) is 10.1 Å². The van der Waals surface area contributed by atoms with E-state index in [0.29, 0.717) is 6.54 Å². The van der Waals surface area contributed by atoms with Crippen LogP contribution in [-0.4, -0.2) is 19.0 Å². The van der Waals surface area contributed by atoms with Gasteiger partial charge in [0.05, 0.1) is 23.5 Å². The zero-order valence-corrected chi connectivity index (χ0v) is 11.8. The summed E-state index contributed by atoms with van der Waals surface area (Å²) in [4.78, 5) is 14.6. The van der Waals surface area contributed by atoms with E-state index in [2.05, 4.69) is 21.0 Å². The number of imidazole rings is 1. The SMILES string of the molecule is CCCn1cncc1Cn1ccc2cc([N+](=O)[O-])ccc21. The molecular weight excluding hydrogens is 268 g/mol. The maximum Gasteiger partial charge on any atom is 0.270 e. The second kappa shape index (κ2) is 5.40. The predicted octanol–water partition coefficient (Wildman–Crippen LogP) is 3.20. The smallest absolute Gasteiger partial charge is 0.270 e. The monoisotopic (exact) mass is 284 g/mol. The molecule has 3 rings (SSSR count). The van der Waals surface area contributed by atoms with Gasteiger partial charge in [0.15, 0.2) is 0 Å². The molecule has 0 atom stereocenters. The molecule has 0 N–H and O–H groups in total. The molecule has 3 aromatic rings. The van der Waals surface area contributed by atoms with Crippen LogP contribution in [0.2, 0.25) is 0 Å². The molecule has 0 aliphatic rings. The highest BCUT2D eigenvalue weighted by Crippen LogP contribution is 2.22. The molecule has 0 aliphatic heterocycles. The Hall–Kier alpha value is -2.63. The van der Waals surface area contributed by atoms with Gasteiger partial charge in [-0.05, 0) is 18.6 Å². The first-order valence-corrected chi connectivity index (χ1v) is 6.91. The lowest BCUT2D eigenvalue weighted by Crippen LogP contribution is -2.06. The summed E-state index contributed by atoms with van der Waals surface area (Å²) >= 11 is 0. The van der Waals surface area contributed by atoms with Gasteiger partial charge in [-0.2, -0.15) is 0 Å². The number of fused-ring (bicyclic) bond motifs is 1. The fourth-order valence-corrected chi connectivity index (χ4v) is 2.54. The third-order valence-electron chi connectivity index (χ3n) is 3.56. The molecule has 0 fully saturated rings. The zero-order chi connectivity index (χ0) is 14.8. The summed E-state index contributed by atoms with van der Waals surface area (Å²) in [5, 5.41) is 11.7. The number of nitrogens with zero attached hydrogens (tertiary/aromatic N) is 4. The Balaban J connectivity index is 1.94. The highest BCUT2D eigenvalue weighted by atomic mass is 16.6. The van der Waals surface area contributed by atoms with Crippen molar-refractivity contribution in [1.29, 1.82) is 0 Å². The molecule has 0 saturated heterocycles. The van der Waals surface area contributed by atoms with Crippen molar-refractivity contribution in [2.45, 2.75) is 26.4 Å². The summed E-state index contributed by atoms with van der Waals surface area (Å²) in [6, 6.07) is 6.86. The van der Waals surface area contributed by atoms with Gasteiger partial charge in [-0.15, -0.1) is 0 Å². The van der Waals surface area contributed by atoms with Gasteiger partial charge in [0.1, 0.15) is 0 Å². The van der Waals surface area contributed by atoms with Crippen LogP contribution in [0.5, 0.6) is 0 Å². The predicted molar refractivity (Wildman–Crippen MR) is 80.2 cm³/mol. The quantitative estimate of drug-likeness (QED) is 0.533. The topological polar surface area (TPSA) is 65.9 Å². The number of aromatic nitrogens is 3. The van der Waals surface area contributed by atoms with Gasteiger partial charge < -0.3 is 9.13 Å². The molecule has 2 aromatic heterocycles. The van der Waals surface area contributed by atoms with Gasteiger partial charge in [0.2, 0.25) is 0 Å². The lowest BCUT2D eigenvalue weighted by atomic mass is 10.2. The molecule has 6 heteroatoms. The van der Waals surface area contributed by atoms with Crippen LogP contribution in [0.1, 0.15) is 19.0 Å². The van der Waals surface area contributed by atoms with Crippen molar-refractivity contribution in [3.8, 4) is 0 Å². The van der Waals surface area contributed by atoms with Crippen molar-refractivity contribution in [2.24, 2.45) is 0 Å². The van der Waals surface area contributed by atoms with Crippen LogP contribution < -0.4 is 0 Å². The highest BCUT2D eigenvalue weighted by Gasteiger charge is 2.10. The summed E-state index contributed by atoms with van der Waals surface area (Å²) in [5.74, 6) is 0. The summed E-state index contributed by atoms with van der Waals surface area (Å²) in [5.41, 5.74) is 2.24. The van der Waals surface area contributed by atoms with Crippen molar-refractivity contribution in [1.82, 2.24) is 14.1 Å². The van der Waals surface area contributed by atoms with Crippen molar-refractivity contribution < 1.29 is 4.92 Å². The maximum absolute atomic E-state index is 10.8. The molecule has 108 valence electrons. The minimum Gasteiger partial charge on any atom is -0.341 e. The Morgan fingerprint density at radius 2 is 2.14 bits per heavy atom. The molecule has 0 saturated carbocycles. The number of hydrogen-bond acceptors (Lipinski definition) is 3. The molecule has 2 heterocycles. The number of nitro groups is 1. The van der Waals surface area contributed by atoms with Gasteiger partial charge in [0, 0.05) is 42.0 Å². The Kier molecular flexibility index (Phi) is 3.43. The summed E-state index contributed by atoms with van der Waals surface area (Å²) < 4.78 is 4.22. The van der Waals surface area contributed by atoms with Crippen LogP contribution in [0.4, 0.5) is 5.69 Å². The lowest BCUT2D eigenvalue weighted by molar-refractivity contribution is -0.384. The van der Waals surface area contributed by atoms with Gasteiger partial charge >= 0.3 is 0 Å². The van der Waals surface area contributed by atoms with E-state index in [1.165, 1.54) is 0 Å². The van der Waals surface area contributed by atoms with E-state index in [1.807, 2.05) is 24.8 Å². The molecule has 1 aromatic carbocycles. The molecule has 0 amide bonds. The zero-order valence-electron chi connectivity index (χ0n) is 11.8. The summed E-state index contributed by atoms with van der Waals surface area (Å²) in [6.45, 7) is 3.79. The number of hydrogen-bond donors (Lipinski definition) is 0. The fourth-order valence-electron chi connectivity index (χ4n) is 2.54. The highest BCUT2D eigenvalue weighted by molar-refractivity contribution is 5.82.